The van der Waals surface area contributed by atoms with Gasteiger partial charge in [0.1, 0.15) is 5.00 Å². The van der Waals surface area contributed by atoms with E-state index in [-0.39, 0.29) is 5.97 Å². The smallest absolute Gasteiger partial charge is 0.341 e. The number of aromatic nitrogens is 2. The zero-order valence-corrected chi connectivity index (χ0v) is 21.6. The van der Waals surface area contributed by atoms with Crippen LogP contribution in [0.5, 0.6) is 0 Å². The van der Waals surface area contributed by atoms with Crippen LogP contribution in [-0.2, 0) is 17.7 Å². The van der Waals surface area contributed by atoms with Crippen LogP contribution in [0.25, 0.3) is 10.8 Å². The highest BCUT2D eigenvalue weighted by Gasteiger charge is 2.23. The number of nitrogens with zero attached hydrogens (tertiary/aromatic N) is 2. The minimum atomic E-state index is -0.359. The van der Waals surface area contributed by atoms with Crippen LogP contribution in [-0.4, -0.2) is 28.0 Å². The van der Waals surface area contributed by atoms with Crippen molar-refractivity contribution in [2.45, 2.75) is 40.7 Å². The number of nitrogens with one attached hydrogen (secondary N) is 2. The molecule has 6 nitrogen and oxygen atoms in total. The van der Waals surface area contributed by atoms with Crippen LogP contribution in [0.4, 0.5) is 10.7 Å². The lowest BCUT2D eigenvalue weighted by Gasteiger charge is -2.12. The molecule has 2 heterocycles. The Morgan fingerprint density at radius 1 is 1.12 bits per heavy atom. The highest BCUT2D eigenvalue weighted by molar-refractivity contribution is 7.80. The summed E-state index contributed by atoms with van der Waals surface area (Å²) < 4.78 is 7.00. The van der Waals surface area contributed by atoms with Crippen LogP contribution >= 0.6 is 23.6 Å². The second kappa shape index (κ2) is 9.95. The summed E-state index contributed by atoms with van der Waals surface area (Å²) in [6.07, 6.45) is 0.744. The van der Waals surface area contributed by atoms with Crippen LogP contribution in [0.15, 0.2) is 42.5 Å². The lowest BCUT2D eigenvalue weighted by Crippen LogP contribution is -2.21. The molecule has 0 saturated heterocycles. The molecular formula is C26H28N4O2S2. The Kier molecular flexibility index (Phi) is 7.00. The van der Waals surface area contributed by atoms with Crippen molar-refractivity contribution in [1.82, 2.24) is 9.78 Å². The van der Waals surface area contributed by atoms with Gasteiger partial charge in [-0.2, -0.15) is 5.10 Å². The van der Waals surface area contributed by atoms with E-state index in [1.807, 2.05) is 32.4 Å². The number of carbonyl (C=O) groups excluding carboxylic acids is 1. The third-order valence-electron chi connectivity index (χ3n) is 6.00. The van der Waals surface area contributed by atoms with Gasteiger partial charge < -0.3 is 15.4 Å². The number of thiophene rings is 1. The first-order valence-corrected chi connectivity index (χ1v) is 12.4. The van der Waals surface area contributed by atoms with Gasteiger partial charge in [-0.3, -0.25) is 4.68 Å². The monoisotopic (exact) mass is 492 g/mol. The number of fused-ring (bicyclic) bond motifs is 1. The average Bonchev–Trinajstić information content (AvgIpc) is 3.28. The molecule has 0 fully saturated rings. The average molecular weight is 493 g/mol. The normalized spacial score (nSPS) is 11.0. The van der Waals surface area contributed by atoms with Gasteiger partial charge >= 0.3 is 5.97 Å². The second-order valence-corrected chi connectivity index (χ2v) is 9.74. The molecule has 0 amide bonds. The summed E-state index contributed by atoms with van der Waals surface area (Å²) in [5, 5.41) is 14.8. The first kappa shape index (κ1) is 23.9. The lowest BCUT2D eigenvalue weighted by molar-refractivity contribution is 0.0601. The summed E-state index contributed by atoms with van der Waals surface area (Å²) >= 11 is 7.11. The van der Waals surface area contributed by atoms with Crippen molar-refractivity contribution >= 4 is 56.1 Å². The van der Waals surface area contributed by atoms with Gasteiger partial charge in [-0.05, 0) is 61.3 Å². The summed E-state index contributed by atoms with van der Waals surface area (Å²) in [5.41, 5.74) is 5.45. The van der Waals surface area contributed by atoms with Gasteiger partial charge in [-0.1, -0.05) is 49.4 Å². The van der Waals surface area contributed by atoms with Crippen molar-refractivity contribution in [3.05, 3.63) is 75.4 Å². The van der Waals surface area contributed by atoms with E-state index in [1.165, 1.54) is 34.8 Å². The molecule has 2 aromatic carbocycles. The van der Waals surface area contributed by atoms with E-state index < -0.39 is 0 Å². The Labute approximate surface area is 208 Å². The summed E-state index contributed by atoms with van der Waals surface area (Å²) in [7, 11) is 1.40. The van der Waals surface area contributed by atoms with Crippen LogP contribution < -0.4 is 10.6 Å². The predicted molar refractivity (Wildman–Crippen MR) is 144 cm³/mol. The number of rotatable bonds is 6. The molecule has 0 bridgehead atoms. The third kappa shape index (κ3) is 4.56. The van der Waals surface area contributed by atoms with Crippen LogP contribution in [0, 0.1) is 20.8 Å². The molecule has 0 aliphatic heterocycles. The maximum Gasteiger partial charge on any atom is 0.341 e. The van der Waals surface area contributed by atoms with E-state index in [4.69, 9.17) is 22.1 Å². The summed E-state index contributed by atoms with van der Waals surface area (Å²) in [6, 6.07) is 14.7. The van der Waals surface area contributed by atoms with Crippen molar-refractivity contribution in [2.24, 2.45) is 0 Å². The Hall–Kier alpha value is -3.23. The molecule has 0 spiro atoms. The number of esters is 1. The molecule has 34 heavy (non-hydrogen) atoms. The molecule has 0 radical (unpaired) electrons. The number of benzene rings is 2. The SMILES string of the molecule is CCc1c(C)sc(NC(=S)Nc2c(C)nn(Cc3cccc4ccccc34)c2C)c1C(=O)OC. The minimum Gasteiger partial charge on any atom is -0.465 e. The molecule has 8 heteroatoms. The zero-order valence-electron chi connectivity index (χ0n) is 20.0. The van der Waals surface area contributed by atoms with E-state index in [0.29, 0.717) is 22.2 Å². The van der Waals surface area contributed by atoms with E-state index in [0.717, 1.165) is 33.9 Å². The Morgan fingerprint density at radius 3 is 2.59 bits per heavy atom. The first-order chi connectivity index (χ1) is 16.3. The predicted octanol–water partition coefficient (Wildman–Crippen LogP) is 6.23. The molecule has 0 aliphatic rings. The molecule has 0 unspecified atom stereocenters. The fourth-order valence-electron chi connectivity index (χ4n) is 4.28. The number of hydrogen-bond acceptors (Lipinski definition) is 5. The number of ether oxygens (including phenoxy) is 1. The van der Waals surface area contributed by atoms with Gasteiger partial charge in [0.2, 0.25) is 0 Å². The molecular weight excluding hydrogens is 464 g/mol. The van der Waals surface area contributed by atoms with Crippen molar-refractivity contribution in [3.63, 3.8) is 0 Å². The largest absolute Gasteiger partial charge is 0.465 e. The maximum absolute atomic E-state index is 12.4. The maximum atomic E-state index is 12.4. The number of aryl methyl sites for hydroxylation is 2. The number of anilines is 2. The standard InChI is InChI=1S/C26H28N4O2S2/c1-6-20-17(4)34-24(22(20)25(31)32-5)28-26(33)27-23-15(2)29-30(16(23)3)14-19-12-9-11-18-10-7-8-13-21(18)19/h7-13H,6,14H2,1-5H3,(H2,27,28,33). The molecule has 4 aromatic rings. The van der Waals surface area contributed by atoms with Gasteiger partial charge in [0.05, 0.1) is 36.3 Å². The van der Waals surface area contributed by atoms with Gasteiger partial charge in [0, 0.05) is 4.88 Å². The molecule has 0 saturated carbocycles. The molecule has 0 atom stereocenters. The zero-order chi connectivity index (χ0) is 24.4. The fourth-order valence-corrected chi connectivity index (χ4v) is 5.69. The molecule has 4 rings (SSSR count). The highest BCUT2D eigenvalue weighted by Crippen LogP contribution is 2.34. The minimum absolute atomic E-state index is 0.359. The van der Waals surface area contributed by atoms with Crippen molar-refractivity contribution in [1.29, 1.82) is 0 Å². The van der Waals surface area contributed by atoms with Crippen molar-refractivity contribution in [2.75, 3.05) is 17.7 Å². The third-order valence-corrected chi connectivity index (χ3v) is 7.27. The van der Waals surface area contributed by atoms with E-state index in [2.05, 4.69) is 53.1 Å². The van der Waals surface area contributed by atoms with Crippen molar-refractivity contribution in [3.8, 4) is 0 Å². The lowest BCUT2D eigenvalue weighted by atomic mass is 10.0. The topological polar surface area (TPSA) is 68.2 Å². The molecule has 176 valence electrons. The molecule has 0 aliphatic carbocycles. The van der Waals surface area contributed by atoms with Gasteiger partial charge in [-0.25, -0.2) is 4.79 Å². The van der Waals surface area contributed by atoms with Gasteiger partial charge in [-0.15, -0.1) is 11.3 Å². The summed E-state index contributed by atoms with van der Waals surface area (Å²) in [6.45, 7) is 8.68. The fraction of sp³-hybridized carbons (Fsp3) is 0.269. The Balaban J connectivity index is 1.57. The summed E-state index contributed by atoms with van der Waals surface area (Å²) in [4.78, 5) is 13.5. The quantitative estimate of drug-likeness (QED) is 0.246. The second-order valence-electron chi connectivity index (χ2n) is 8.11. The first-order valence-electron chi connectivity index (χ1n) is 11.1. The van der Waals surface area contributed by atoms with Gasteiger partial charge in [0.15, 0.2) is 5.11 Å². The van der Waals surface area contributed by atoms with Crippen LogP contribution in [0.2, 0.25) is 0 Å². The van der Waals surface area contributed by atoms with Crippen LogP contribution in [0.3, 0.4) is 0 Å². The van der Waals surface area contributed by atoms with Crippen LogP contribution in [0.1, 0.15) is 44.7 Å². The number of thiocarbonyl (C=S) groups is 1. The van der Waals surface area contributed by atoms with Crippen molar-refractivity contribution < 1.29 is 9.53 Å². The molecule has 2 N–H and O–H groups in total. The summed E-state index contributed by atoms with van der Waals surface area (Å²) in [5.74, 6) is -0.359. The van der Waals surface area contributed by atoms with Gasteiger partial charge in [0.25, 0.3) is 0 Å². The number of methoxy groups -OCH3 is 1. The highest BCUT2D eigenvalue weighted by atomic mass is 32.1. The Morgan fingerprint density at radius 2 is 1.85 bits per heavy atom. The number of carbonyl (C=O) groups is 1. The van der Waals surface area contributed by atoms with E-state index in [1.54, 1.807) is 0 Å². The molecule has 2 aromatic heterocycles. The van der Waals surface area contributed by atoms with E-state index in [9.17, 15) is 4.79 Å². The Bertz CT molecular complexity index is 1380. The van der Waals surface area contributed by atoms with E-state index >= 15 is 0 Å². The number of hydrogen-bond donors (Lipinski definition) is 2.